The minimum atomic E-state index is -1.42. The Morgan fingerprint density at radius 3 is 1.57 bits per heavy atom. The summed E-state index contributed by atoms with van der Waals surface area (Å²) in [5.41, 5.74) is 0. The summed E-state index contributed by atoms with van der Waals surface area (Å²) in [4.78, 5) is 2.86. The number of hydrogen-bond donors (Lipinski definition) is 1. The lowest BCUT2D eigenvalue weighted by molar-refractivity contribution is 0.447. The maximum atomic E-state index is 12.0. The van der Waals surface area contributed by atoms with Gasteiger partial charge in [-0.3, -0.25) is 0 Å². The standard InChI is InChI=1S/C6H3F3.C4H5N/c7-4-2-1-3-5(8)6(4)9;1-2-4-5-3-1/h1-3H;1-5H. The zero-order chi connectivity index (χ0) is 10.4. The molecule has 2 aromatic rings. The average molecular weight is 199 g/mol. The van der Waals surface area contributed by atoms with Crippen molar-refractivity contribution in [3.05, 3.63) is 60.2 Å². The van der Waals surface area contributed by atoms with Gasteiger partial charge in [-0.2, -0.15) is 0 Å². The molecule has 14 heavy (non-hydrogen) atoms. The molecule has 1 nitrogen and oxygen atoms in total. The number of rotatable bonds is 0. The molecule has 0 saturated heterocycles. The van der Waals surface area contributed by atoms with Crippen molar-refractivity contribution in [2.45, 2.75) is 0 Å². The van der Waals surface area contributed by atoms with E-state index in [1.807, 2.05) is 24.5 Å². The first kappa shape index (κ1) is 10.4. The first-order valence-corrected chi connectivity index (χ1v) is 3.89. The second-order valence-corrected chi connectivity index (χ2v) is 2.42. The Hall–Kier alpha value is -1.71. The third-order valence-electron chi connectivity index (χ3n) is 1.40. The molecule has 0 spiro atoms. The number of halogens is 3. The Morgan fingerprint density at radius 2 is 1.29 bits per heavy atom. The van der Waals surface area contributed by atoms with Crippen LogP contribution in [0.15, 0.2) is 42.7 Å². The van der Waals surface area contributed by atoms with E-state index < -0.39 is 17.5 Å². The number of H-pyrrole nitrogens is 1. The van der Waals surface area contributed by atoms with Crippen LogP contribution in [0.5, 0.6) is 0 Å². The molecule has 1 N–H and O–H groups in total. The fraction of sp³-hybridized carbons (Fsp3) is 0. The smallest absolute Gasteiger partial charge is 0.194 e. The Balaban J connectivity index is 0.000000165. The van der Waals surface area contributed by atoms with Crippen molar-refractivity contribution in [1.29, 1.82) is 0 Å². The Labute approximate surface area is 79.2 Å². The number of aromatic nitrogens is 1. The van der Waals surface area contributed by atoms with Gasteiger partial charge in [-0.15, -0.1) is 0 Å². The number of aromatic amines is 1. The molecule has 0 aliphatic carbocycles. The molecule has 0 amide bonds. The highest BCUT2D eigenvalue weighted by atomic mass is 19.2. The second kappa shape index (κ2) is 5.11. The maximum Gasteiger partial charge on any atom is 0.194 e. The molecule has 1 heterocycles. The van der Waals surface area contributed by atoms with Gasteiger partial charge < -0.3 is 4.98 Å². The Morgan fingerprint density at radius 1 is 0.786 bits per heavy atom. The highest BCUT2D eigenvalue weighted by molar-refractivity contribution is 5.07. The highest BCUT2D eigenvalue weighted by Gasteiger charge is 2.04. The van der Waals surface area contributed by atoms with Crippen LogP contribution in [-0.2, 0) is 0 Å². The van der Waals surface area contributed by atoms with Gasteiger partial charge in [-0.25, -0.2) is 13.2 Å². The summed E-state index contributed by atoms with van der Waals surface area (Å²) < 4.78 is 35.9. The Bertz CT molecular complexity index is 333. The SMILES string of the molecule is Fc1cccc(F)c1F.c1cc[nH]c1. The fourth-order valence-corrected chi connectivity index (χ4v) is 0.755. The van der Waals surface area contributed by atoms with Crippen molar-refractivity contribution < 1.29 is 13.2 Å². The summed E-state index contributed by atoms with van der Waals surface area (Å²) >= 11 is 0. The molecule has 4 heteroatoms. The van der Waals surface area contributed by atoms with Crippen LogP contribution in [0.2, 0.25) is 0 Å². The normalized spacial score (nSPS) is 9.07. The van der Waals surface area contributed by atoms with Crippen molar-refractivity contribution >= 4 is 0 Å². The summed E-state index contributed by atoms with van der Waals surface area (Å²) in [7, 11) is 0. The predicted octanol–water partition coefficient (Wildman–Crippen LogP) is 3.12. The molecule has 0 unspecified atom stereocenters. The summed E-state index contributed by atoms with van der Waals surface area (Å²) in [5, 5.41) is 0. The van der Waals surface area contributed by atoms with Gasteiger partial charge in [0.1, 0.15) is 0 Å². The van der Waals surface area contributed by atoms with E-state index in [0.717, 1.165) is 18.2 Å². The lowest BCUT2D eigenvalue weighted by Gasteiger charge is -1.90. The largest absolute Gasteiger partial charge is 0.368 e. The molecule has 1 aromatic heterocycles. The molecule has 0 saturated carbocycles. The van der Waals surface area contributed by atoms with Crippen LogP contribution in [0.4, 0.5) is 13.2 Å². The first-order valence-electron chi connectivity index (χ1n) is 3.89. The minimum absolute atomic E-state index is 0.860. The van der Waals surface area contributed by atoms with Crippen LogP contribution in [0.1, 0.15) is 0 Å². The van der Waals surface area contributed by atoms with Crippen LogP contribution in [0.25, 0.3) is 0 Å². The molecular weight excluding hydrogens is 191 g/mol. The van der Waals surface area contributed by atoms with E-state index in [1.54, 1.807) is 0 Å². The molecule has 74 valence electrons. The first-order chi connectivity index (χ1) is 6.72. The maximum absolute atomic E-state index is 12.0. The number of nitrogens with one attached hydrogen (secondary N) is 1. The Kier molecular flexibility index (Phi) is 3.79. The van der Waals surface area contributed by atoms with Gasteiger partial charge >= 0.3 is 0 Å². The van der Waals surface area contributed by atoms with E-state index >= 15 is 0 Å². The molecule has 0 fully saturated rings. The van der Waals surface area contributed by atoms with Gasteiger partial charge in [0.2, 0.25) is 0 Å². The fourth-order valence-electron chi connectivity index (χ4n) is 0.755. The topological polar surface area (TPSA) is 15.8 Å². The zero-order valence-electron chi connectivity index (χ0n) is 7.18. The summed E-state index contributed by atoms with van der Waals surface area (Å²) in [5.74, 6) is -3.73. The van der Waals surface area contributed by atoms with E-state index in [4.69, 9.17) is 0 Å². The minimum Gasteiger partial charge on any atom is -0.368 e. The van der Waals surface area contributed by atoms with Crippen LogP contribution >= 0.6 is 0 Å². The number of hydrogen-bond acceptors (Lipinski definition) is 0. The quantitative estimate of drug-likeness (QED) is 0.627. The third-order valence-corrected chi connectivity index (χ3v) is 1.40. The van der Waals surface area contributed by atoms with Crippen molar-refractivity contribution in [2.75, 3.05) is 0 Å². The van der Waals surface area contributed by atoms with Crippen LogP contribution in [0, 0.1) is 17.5 Å². The number of benzene rings is 1. The molecule has 1 aromatic carbocycles. The van der Waals surface area contributed by atoms with Crippen LogP contribution in [0.3, 0.4) is 0 Å². The summed E-state index contributed by atoms with van der Waals surface area (Å²) in [6.45, 7) is 0. The molecule has 0 radical (unpaired) electrons. The van der Waals surface area contributed by atoms with Gasteiger partial charge in [0.25, 0.3) is 0 Å². The second-order valence-electron chi connectivity index (χ2n) is 2.42. The van der Waals surface area contributed by atoms with E-state index in [0.29, 0.717) is 0 Å². The molecule has 2 rings (SSSR count). The van der Waals surface area contributed by atoms with Crippen molar-refractivity contribution in [2.24, 2.45) is 0 Å². The molecule has 0 atom stereocenters. The van der Waals surface area contributed by atoms with Gasteiger partial charge in [-0.1, -0.05) is 6.07 Å². The zero-order valence-corrected chi connectivity index (χ0v) is 7.18. The predicted molar refractivity (Wildman–Crippen MR) is 47.1 cm³/mol. The van der Waals surface area contributed by atoms with Gasteiger partial charge in [0.05, 0.1) is 0 Å². The van der Waals surface area contributed by atoms with Crippen LogP contribution < -0.4 is 0 Å². The lowest BCUT2D eigenvalue weighted by atomic mass is 10.3. The summed E-state index contributed by atoms with van der Waals surface area (Å²) in [6, 6.07) is 6.71. The van der Waals surface area contributed by atoms with Crippen LogP contribution in [-0.4, -0.2) is 4.98 Å². The van der Waals surface area contributed by atoms with E-state index in [2.05, 4.69) is 4.98 Å². The lowest BCUT2D eigenvalue weighted by Crippen LogP contribution is -1.86. The third kappa shape index (κ3) is 2.97. The summed E-state index contributed by atoms with van der Waals surface area (Å²) in [6.07, 6.45) is 3.75. The van der Waals surface area contributed by atoms with Crippen molar-refractivity contribution in [1.82, 2.24) is 4.98 Å². The van der Waals surface area contributed by atoms with Crippen molar-refractivity contribution in [3.63, 3.8) is 0 Å². The highest BCUT2D eigenvalue weighted by Crippen LogP contribution is 2.07. The molecule has 0 aliphatic rings. The van der Waals surface area contributed by atoms with E-state index in [-0.39, 0.29) is 0 Å². The van der Waals surface area contributed by atoms with Gasteiger partial charge in [0.15, 0.2) is 17.5 Å². The average Bonchev–Trinajstić information content (AvgIpc) is 2.72. The van der Waals surface area contributed by atoms with E-state index in [9.17, 15) is 13.2 Å². The molecular formula is C10H8F3N. The van der Waals surface area contributed by atoms with E-state index in [1.165, 1.54) is 0 Å². The molecule has 0 bridgehead atoms. The molecule has 0 aliphatic heterocycles. The van der Waals surface area contributed by atoms with Gasteiger partial charge in [-0.05, 0) is 24.3 Å². The van der Waals surface area contributed by atoms with Gasteiger partial charge in [0, 0.05) is 12.4 Å². The van der Waals surface area contributed by atoms with Crippen molar-refractivity contribution in [3.8, 4) is 0 Å². The monoisotopic (exact) mass is 199 g/mol.